The number of ether oxygens (including phenoxy) is 1. The predicted molar refractivity (Wildman–Crippen MR) is 111 cm³/mol. The molecule has 2 heterocycles. The lowest BCUT2D eigenvalue weighted by Gasteiger charge is -2.10. The molecule has 0 aliphatic heterocycles. The summed E-state index contributed by atoms with van der Waals surface area (Å²) >= 11 is 2.44. The minimum Gasteiger partial charge on any atom is -0.465 e. The number of aromatic nitrogens is 3. The number of rotatable bonds is 9. The van der Waals surface area contributed by atoms with Crippen LogP contribution in [0.5, 0.6) is 0 Å². The number of nitrogens with one attached hydrogen (secondary N) is 1. The third-order valence-corrected chi connectivity index (χ3v) is 5.57. The Bertz CT molecular complexity index is 1030. The van der Waals surface area contributed by atoms with Gasteiger partial charge >= 0.3 is 5.97 Å². The van der Waals surface area contributed by atoms with Gasteiger partial charge in [0, 0.05) is 17.8 Å². The van der Waals surface area contributed by atoms with E-state index in [1.165, 1.54) is 23.5 Å². The number of hydrogen-bond donors (Lipinski definition) is 1. The van der Waals surface area contributed by atoms with Crippen LogP contribution in [0.3, 0.4) is 0 Å². The Morgan fingerprint density at radius 2 is 2.03 bits per heavy atom. The molecule has 0 bridgehead atoms. The standard InChI is InChI=1S/C18H17N5O5S2/c1-2-28-16(24)11-30-18-21-20-15(10-19-17(25)14-4-3-9-29-14)22(18)12-5-7-13(8-6-12)23(26)27/h3-9H,2,10-11H2,1H3,(H,19,25). The lowest BCUT2D eigenvalue weighted by molar-refractivity contribution is -0.384. The number of thiophene rings is 1. The van der Waals surface area contributed by atoms with E-state index < -0.39 is 10.9 Å². The summed E-state index contributed by atoms with van der Waals surface area (Å²) in [5, 5.41) is 24.1. The highest BCUT2D eigenvalue weighted by molar-refractivity contribution is 7.99. The van der Waals surface area contributed by atoms with Crippen LogP contribution < -0.4 is 5.32 Å². The van der Waals surface area contributed by atoms with Gasteiger partial charge in [-0.1, -0.05) is 17.8 Å². The lowest BCUT2D eigenvalue weighted by Crippen LogP contribution is -2.23. The van der Waals surface area contributed by atoms with Gasteiger partial charge in [-0.05, 0) is 30.5 Å². The summed E-state index contributed by atoms with van der Waals surface area (Å²) in [6.07, 6.45) is 0. The highest BCUT2D eigenvalue weighted by atomic mass is 32.2. The van der Waals surface area contributed by atoms with E-state index in [2.05, 4.69) is 15.5 Å². The van der Waals surface area contributed by atoms with Crippen molar-refractivity contribution in [2.45, 2.75) is 18.6 Å². The molecule has 156 valence electrons. The second kappa shape index (κ2) is 9.98. The Balaban J connectivity index is 1.84. The number of thioether (sulfide) groups is 1. The maximum atomic E-state index is 12.2. The van der Waals surface area contributed by atoms with E-state index in [9.17, 15) is 19.7 Å². The molecule has 1 aromatic carbocycles. The van der Waals surface area contributed by atoms with E-state index in [0.29, 0.717) is 21.5 Å². The smallest absolute Gasteiger partial charge is 0.316 e. The van der Waals surface area contributed by atoms with E-state index in [4.69, 9.17) is 4.74 Å². The summed E-state index contributed by atoms with van der Waals surface area (Å²) in [4.78, 5) is 35.0. The molecule has 0 spiro atoms. The number of benzene rings is 1. The Kier molecular flexibility index (Phi) is 7.14. The molecule has 30 heavy (non-hydrogen) atoms. The molecular formula is C18H17N5O5S2. The van der Waals surface area contributed by atoms with Gasteiger partial charge in [-0.2, -0.15) is 0 Å². The molecule has 1 N–H and O–H groups in total. The summed E-state index contributed by atoms with van der Waals surface area (Å²) in [6.45, 7) is 2.07. The quantitative estimate of drug-likeness (QED) is 0.229. The van der Waals surface area contributed by atoms with Crippen LogP contribution in [0, 0.1) is 10.1 Å². The van der Waals surface area contributed by atoms with Crippen LogP contribution in [-0.4, -0.2) is 43.9 Å². The van der Waals surface area contributed by atoms with Gasteiger partial charge in [-0.15, -0.1) is 21.5 Å². The monoisotopic (exact) mass is 447 g/mol. The summed E-state index contributed by atoms with van der Waals surface area (Å²) in [5.74, 6) is -0.196. The van der Waals surface area contributed by atoms with E-state index in [1.54, 1.807) is 41.1 Å². The van der Waals surface area contributed by atoms with Crippen molar-refractivity contribution in [1.29, 1.82) is 0 Å². The van der Waals surface area contributed by atoms with Crippen molar-refractivity contribution in [2.24, 2.45) is 0 Å². The predicted octanol–water partition coefficient (Wildman–Crippen LogP) is 2.82. The van der Waals surface area contributed by atoms with Crippen LogP contribution in [0.25, 0.3) is 5.69 Å². The SMILES string of the molecule is CCOC(=O)CSc1nnc(CNC(=O)c2cccs2)n1-c1ccc([N+](=O)[O-])cc1. The number of hydrogen-bond acceptors (Lipinski definition) is 9. The topological polar surface area (TPSA) is 129 Å². The summed E-state index contributed by atoms with van der Waals surface area (Å²) in [7, 11) is 0. The molecule has 1 amide bonds. The minimum atomic E-state index is -0.492. The first kappa shape index (κ1) is 21.5. The molecule has 0 atom stereocenters. The van der Waals surface area contributed by atoms with Crippen LogP contribution in [0.4, 0.5) is 5.69 Å². The summed E-state index contributed by atoms with van der Waals surface area (Å²) in [5.41, 5.74) is 0.512. The molecule has 3 rings (SSSR count). The Morgan fingerprint density at radius 3 is 2.67 bits per heavy atom. The van der Waals surface area contributed by atoms with E-state index in [1.807, 2.05) is 0 Å². The van der Waals surface area contributed by atoms with Crippen molar-refractivity contribution in [2.75, 3.05) is 12.4 Å². The van der Waals surface area contributed by atoms with Crippen LogP contribution in [0.15, 0.2) is 46.9 Å². The largest absolute Gasteiger partial charge is 0.465 e. The number of nitro benzene ring substituents is 1. The normalized spacial score (nSPS) is 10.6. The van der Waals surface area contributed by atoms with E-state index in [-0.39, 0.29) is 30.5 Å². The number of nitro groups is 1. The van der Waals surface area contributed by atoms with E-state index in [0.717, 1.165) is 11.8 Å². The van der Waals surface area contributed by atoms with Gasteiger partial charge < -0.3 is 10.1 Å². The van der Waals surface area contributed by atoms with E-state index >= 15 is 0 Å². The Morgan fingerprint density at radius 1 is 1.27 bits per heavy atom. The second-order valence-electron chi connectivity index (χ2n) is 5.76. The Labute approximate surface area is 179 Å². The average molecular weight is 447 g/mol. The van der Waals surface area contributed by atoms with Crippen molar-refractivity contribution in [1.82, 2.24) is 20.1 Å². The van der Waals surface area contributed by atoms with Crippen molar-refractivity contribution in [3.8, 4) is 5.69 Å². The van der Waals surface area contributed by atoms with Crippen LogP contribution in [0.2, 0.25) is 0 Å². The fourth-order valence-corrected chi connectivity index (χ4v) is 3.88. The third kappa shape index (κ3) is 5.21. The lowest BCUT2D eigenvalue weighted by atomic mass is 10.3. The maximum absolute atomic E-state index is 12.2. The van der Waals surface area contributed by atoms with Gasteiger partial charge in [0.1, 0.15) is 0 Å². The number of esters is 1. The fraction of sp³-hybridized carbons (Fsp3) is 0.222. The third-order valence-electron chi connectivity index (χ3n) is 3.80. The molecule has 0 radical (unpaired) electrons. The molecule has 12 heteroatoms. The van der Waals surface area contributed by atoms with Gasteiger partial charge in [0.2, 0.25) is 0 Å². The fourth-order valence-electron chi connectivity index (χ4n) is 2.47. The van der Waals surface area contributed by atoms with Crippen molar-refractivity contribution < 1.29 is 19.2 Å². The zero-order valence-corrected chi connectivity index (χ0v) is 17.4. The van der Waals surface area contributed by atoms with Crippen LogP contribution >= 0.6 is 23.1 Å². The summed E-state index contributed by atoms with van der Waals surface area (Å²) in [6, 6.07) is 9.33. The zero-order chi connectivity index (χ0) is 21.5. The molecule has 3 aromatic rings. The number of carbonyl (C=O) groups excluding carboxylic acids is 2. The van der Waals surface area contributed by atoms with Gasteiger partial charge in [-0.25, -0.2) is 0 Å². The van der Waals surface area contributed by atoms with Gasteiger partial charge in [-0.3, -0.25) is 24.3 Å². The minimum absolute atomic E-state index is 0.0283. The van der Waals surface area contributed by atoms with Crippen LogP contribution in [0.1, 0.15) is 22.4 Å². The Hall–Kier alpha value is -3.25. The molecule has 10 nitrogen and oxygen atoms in total. The first-order chi connectivity index (χ1) is 14.5. The molecular weight excluding hydrogens is 430 g/mol. The molecule has 0 unspecified atom stereocenters. The highest BCUT2D eigenvalue weighted by Gasteiger charge is 2.18. The van der Waals surface area contributed by atoms with Gasteiger partial charge in [0.05, 0.1) is 28.7 Å². The highest BCUT2D eigenvalue weighted by Crippen LogP contribution is 2.24. The maximum Gasteiger partial charge on any atom is 0.316 e. The number of amides is 1. The summed E-state index contributed by atoms with van der Waals surface area (Å²) < 4.78 is 6.57. The molecule has 0 saturated carbocycles. The van der Waals surface area contributed by atoms with Crippen molar-refractivity contribution in [3.63, 3.8) is 0 Å². The average Bonchev–Trinajstić information content (AvgIpc) is 3.41. The van der Waals surface area contributed by atoms with Gasteiger partial charge in [0.25, 0.3) is 11.6 Å². The molecule has 0 aliphatic rings. The molecule has 2 aromatic heterocycles. The number of non-ortho nitro benzene ring substituents is 1. The zero-order valence-electron chi connectivity index (χ0n) is 15.8. The number of carbonyl (C=O) groups is 2. The second-order valence-corrected chi connectivity index (χ2v) is 7.65. The number of nitrogens with zero attached hydrogens (tertiary/aromatic N) is 4. The van der Waals surface area contributed by atoms with Gasteiger partial charge in [0.15, 0.2) is 11.0 Å². The first-order valence-corrected chi connectivity index (χ1v) is 10.7. The molecule has 0 fully saturated rings. The molecule has 0 saturated heterocycles. The van der Waals surface area contributed by atoms with Crippen molar-refractivity contribution >= 4 is 40.7 Å². The molecule has 0 aliphatic carbocycles. The first-order valence-electron chi connectivity index (χ1n) is 8.78. The van der Waals surface area contributed by atoms with Crippen molar-refractivity contribution in [3.05, 3.63) is 62.6 Å². The van der Waals surface area contributed by atoms with Crippen LogP contribution in [-0.2, 0) is 16.1 Å².